The molecule has 1 N–H and O–H groups in total. The second-order valence-corrected chi connectivity index (χ2v) is 7.42. The quantitative estimate of drug-likeness (QED) is 0.592. The zero-order chi connectivity index (χ0) is 17.4. The standard InChI is InChI=1S/C16H12N4O3S2/c1-23-11-8-10-4-3-7-17-15(10)13(9-11)20-25(21,22)14-6-2-5-12-16(14)19-24-18-12/h2-9,20H,1H3. The normalized spacial score (nSPS) is 11.7. The van der Waals surface area contributed by atoms with Crippen LogP contribution in [-0.4, -0.2) is 29.3 Å². The van der Waals surface area contributed by atoms with Gasteiger partial charge < -0.3 is 4.74 Å². The van der Waals surface area contributed by atoms with Gasteiger partial charge in [0.2, 0.25) is 0 Å². The van der Waals surface area contributed by atoms with Crippen molar-refractivity contribution in [1.29, 1.82) is 0 Å². The van der Waals surface area contributed by atoms with Crippen LogP contribution in [0.4, 0.5) is 5.69 Å². The molecule has 0 aliphatic heterocycles. The van der Waals surface area contributed by atoms with E-state index in [9.17, 15) is 8.42 Å². The summed E-state index contributed by atoms with van der Waals surface area (Å²) >= 11 is 0.974. The summed E-state index contributed by atoms with van der Waals surface area (Å²) in [4.78, 5) is 4.35. The smallest absolute Gasteiger partial charge is 0.264 e. The molecule has 7 nitrogen and oxygen atoms in total. The van der Waals surface area contributed by atoms with Gasteiger partial charge in [-0.05, 0) is 24.3 Å². The zero-order valence-electron chi connectivity index (χ0n) is 13.0. The second kappa shape index (κ2) is 5.94. The highest BCUT2D eigenvalue weighted by Crippen LogP contribution is 2.30. The number of anilines is 1. The largest absolute Gasteiger partial charge is 0.497 e. The number of hydrogen-bond donors (Lipinski definition) is 1. The predicted molar refractivity (Wildman–Crippen MR) is 96.5 cm³/mol. The number of ether oxygens (including phenoxy) is 1. The van der Waals surface area contributed by atoms with Crippen LogP contribution in [0.25, 0.3) is 21.9 Å². The fraction of sp³-hybridized carbons (Fsp3) is 0.0625. The van der Waals surface area contributed by atoms with E-state index in [2.05, 4.69) is 18.5 Å². The number of aromatic nitrogens is 3. The van der Waals surface area contributed by atoms with Crippen molar-refractivity contribution in [3.63, 3.8) is 0 Å². The van der Waals surface area contributed by atoms with Gasteiger partial charge in [0.05, 0.1) is 30.0 Å². The van der Waals surface area contributed by atoms with Gasteiger partial charge in [-0.15, -0.1) is 0 Å². The van der Waals surface area contributed by atoms with Gasteiger partial charge in [0.15, 0.2) is 0 Å². The van der Waals surface area contributed by atoms with Gasteiger partial charge >= 0.3 is 0 Å². The molecule has 0 atom stereocenters. The highest BCUT2D eigenvalue weighted by molar-refractivity contribution is 7.93. The van der Waals surface area contributed by atoms with Crippen LogP contribution in [0.2, 0.25) is 0 Å². The Morgan fingerprint density at radius 1 is 1.08 bits per heavy atom. The number of rotatable bonds is 4. The van der Waals surface area contributed by atoms with Crippen molar-refractivity contribution in [2.45, 2.75) is 4.90 Å². The molecular weight excluding hydrogens is 360 g/mol. The molecule has 0 saturated heterocycles. The van der Waals surface area contributed by atoms with Gasteiger partial charge in [0, 0.05) is 17.6 Å². The summed E-state index contributed by atoms with van der Waals surface area (Å²) in [6.45, 7) is 0. The van der Waals surface area contributed by atoms with Crippen molar-refractivity contribution in [1.82, 2.24) is 13.7 Å². The molecule has 25 heavy (non-hydrogen) atoms. The first-order valence-corrected chi connectivity index (χ1v) is 9.47. The predicted octanol–water partition coefficient (Wildman–Crippen LogP) is 3.05. The van der Waals surface area contributed by atoms with Gasteiger partial charge in [-0.1, -0.05) is 12.1 Å². The van der Waals surface area contributed by atoms with Crippen LogP contribution in [0.1, 0.15) is 0 Å². The van der Waals surface area contributed by atoms with Crippen LogP contribution < -0.4 is 9.46 Å². The van der Waals surface area contributed by atoms with Crippen molar-refractivity contribution in [2.75, 3.05) is 11.8 Å². The number of fused-ring (bicyclic) bond motifs is 2. The van der Waals surface area contributed by atoms with Crippen LogP contribution in [0.3, 0.4) is 0 Å². The third kappa shape index (κ3) is 2.77. The van der Waals surface area contributed by atoms with E-state index in [1.54, 1.807) is 36.5 Å². The van der Waals surface area contributed by atoms with E-state index in [1.807, 2.05) is 6.07 Å². The zero-order valence-corrected chi connectivity index (χ0v) is 14.6. The van der Waals surface area contributed by atoms with Crippen LogP contribution in [-0.2, 0) is 10.0 Å². The molecule has 0 bridgehead atoms. The Bertz CT molecular complexity index is 1190. The molecule has 4 rings (SSSR count). The van der Waals surface area contributed by atoms with E-state index in [-0.39, 0.29) is 4.90 Å². The molecule has 2 aromatic heterocycles. The van der Waals surface area contributed by atoms with E-state index in [0.717, 1.165) is 17.1 Å². The first kappa shape index (κ1) is 15.7. The Balaban J connectivity index is 1.87. The topological polar surface area (TPSA) is 94.1 Å². The molecular formula is C16H12N4O3S2. The fourth-order valence-corrected chi connectivity index (χ4v) is 4.38. The van der Waals surface area contributed by atoms with E-state index in [4.69, 9.17) is 4.74 Å². The third-order valence-electron chi connectivity index (χ3n) is 3.70. The average Bonchev–Trinajstić information content (AvgIpc) is 3.09. The Hall–Kier alpha value is -2.78. The van der Waals surface area contributed by atoms with Gasteiger partial charge in [0.1, 0.15) is 21.7 Å². The average molecular weight is 372 g/mol. The maximum atomic E-state index is 12.9. The van der Waals surface area contributed by atoms with Crippen molar-refractivity contribution in [3.8, 4) is 5.75 Å². The number of methoxy groups -OCH3 is 1. The van der Waals surface area contributed by atoms with Crippen LogP contribution in [0, 0.1) is 0 Å². The third-order valence-corrected chi connectivity index (χ3v) is 5.64. The monoisotopic (exact) mass is 372 g/mol. The molecule has 0 fully saturated rings. The molecule has 0 aliphatic carbocycles. The van der Waals surface area contributed by atoms with Crippen molar-refractivity contribution in [3.05, 3.63) is 48.7 Å². The lowest BCUT2D eigenvalue weighted by atomic mass is 10.2. The molecule has 0 radical (unpaired) electrons. The molecule has 0 amide bonds. The Labute approximate surface area is 147 Å². The second-order valence-electron chi connectivity index (χ2n) is 5.24. The van der Waals surface area contributed by atoms with Crippen LogP contribution >= 0.6 is 11.7 Å². The first-order valence-electron chi connectivity index (χ1n) is 7.25. The summed E-state index contributed by atoms with van der Waals surface area (Å²) < 4.78 is 41.9. The highest BCUT2D eigenvalue weighted by atomic mass is 32.2. The van der Waals surface area contributed by atoms with Gasteiger partial charge in [0.25, 0.3) is 10.0 Å². The summed E-state index contributed by atoms with van der Waals surface area (Å²) in [6, 6.07) is 11.9. The van der Waals surface area contributed by atoms with Crippen molar-refractivity contribution < 1.29 is 13.2 Å². The van der Waals surface area contributed by atoms with E-state index in [0.29, 0.717) is 28.0 Å². The minimum atomic E-state index is -3.87. The minimum absolute atomic E-state index is 0.0747. The maximum absolute atomic E-state index is 12.9. The summed E-state index contributed by atoms with van der Waals surface area (Å²) in [7, 11) is -2.34. The number of pyridine rings is 1. The SMILES string of the molecule is COc1cc(NS(=O)(=O)c2cccc3nsnc23)c2ncccc2c1. The van der Waals surface area contributed by atoms with E-state index < -0.39 is 10.0 Å². The molecule has 126 valence electrons. The molecule has 0 spiro atoms. The van der Waals surface area contributed by atoms with Gasteiger partial charge in [-0.2, -0.15) is 8.75 Å². The van der Waals surface area contributed by atoms with Gasteiger partial charge in [-0.3, -0.25) is 9.71 Å². The highest BCUT2D eigenvalue weighted by Gasteiger charge is 2.21. The maximum Gasteiger partial charge on any atom is 0.264 e. The van der Waals surface area contributed by atoms with E-state index >= 15 is 0 Å². The van der Waals surface area contributed by atoms with Gasteiger partial charge in [-0.25, -0.2) is 8.42 Å². The Morgan fingerprint density at radius 2 is 1.96 bits per heavy atom. The van der Waals surface area contributed by atoms with Crippen molar-refractivity contribution >= 4 is 49.4 Å². The number of nitrogens with one attached hydrogen (secondary N) is 1. The molecule has 0 aliphatic rings. The summed E-state index contributed by atoms with van der Waals surface area (Å²) in [5, 5.41) is 0.771. The molecule has 0 unspecified atom stereocenters. The van der Waals surface area contributed by atoms with E-state index in [1.165, 1.54) is 13.2 Å². The van der Waals surface area contributed by atoms with Crippen LogP contribution in [0.15, 0.2) is 53.6 Å². The lowest BCUT2D eigenvalue weighted by Crippen LogP contribution is -2.14. The molecule has 2 heterocycles. The number of benzene rings is 2. The molecule has 4 aromatic rings. The lowest BCUT2D eigenvalue weighted by Gasteiger charge is -2.12. The fourth-order valence-electron chi connectivity index (χ4n) is 2.56. The van der Waals surface area contributed by atoms with Crippen LogP contribution in [0.5, 0.6) is 5.75 Å². The lowest BCUT2D eigenvalue weighted by molar-refractivity contribution is 0.415. The minimum Gasteiger partial charge on any atom is -0.497 e. The number of nitrogens with zero attached hydrogens (tertiary/aromatic N) is 3. The Kier molecular flexibility index (Phi) is 3.74. The Morgan fingerprint density at radius 3 is 2.80 bits per heavy atom. The summed E-state index contributed by atoms with van der Waals surface area (Å²) in [6.07, 6.45) is 1.61. The van der Waals surface area contributed by atoms with Crippen molar-refractivity contribution in [2.24, 2.45) is 0 Å². The molecule has 9 heteroatoms. The summed E-state index contributed by atoms with van der Waals surface area (Å²) in [5.74, 6) is 0.534. The summed E-state index contributed by atoms with van der Waals surface area (Å²) in [5.41, 5.74) is 1.77. The molecule has 0 saturated carbocycles. The number of hydrogen-bond acceptors (Lipinski definition) is 7. The first-order chi connectivity index (χ1) is 12.1. The molecule has 2 aromatic carbocycles. The number of sulfonamides is 1.